The van der Waals surface area contributed by atoms with Gasteiger partial charge in [0, 0.05) is 12.1 Å². The first kappa shape index (κ1) is 18.7. The maximum absolute atomic E-state index is 12.5. The fourth-order valence-electron chi connectivity index (χ4n) is 2.10. The molecule has 0 spiro atoms. The summed E-state index contributed by atoms with van der Waals surface area (Å²) in [5.41, 5.74) is 0.0322. The van der Waals surface area contributed by atoms with Crippen molar-refractivity contribution in [3.05, 3.63) is 65.2 Å². The molecule has 0 aliphatic heterocycles. The molecule has 0 unspecified atom stereocenters. The third-order valence-electron chi connectivity index (χ3n) is 3.30. The summed E-state index contributed by atoms with van der Waals surface area (Å²) >= 11 is 0. The van der Waals surface area contributed by atoms with Crippen LogP contribution in [0.4, 0.5) is 22.0 Å². The van der Waals surface area contributed by atoms with E-state index in [1.165, 1.54) is 36.4 Å². The van der Waals surface area contributed by atoms with Gasteiger partial charge in [-0.15, -0.1) is 0 Å². The summed E-state index contributed by atoms with van der Waals surface area (Å²) < 4.78 is 65.9. The smallest absolute Gasteiger partial charge is 0.416 e. The molecule has 0 bridgehead atoms. The van der Waals surface area contributed by atoms with Crippen molar-refractivity contribution in [3.63, 3.8) is 0 Å². The van der Waals surface area contributed by atoms with E-state index in [0.29, 0.717) is 12.0 Å². The maximum atomic E-state index is 12.5. The Morgan fingerprint density at radius 3 is 2.36 bits per heavy atom. The molecule has 0 saturated heterocycles. The Morgan fingerprint density at radius 1 is 1.08 bits per heavy atom. The standard InChI is InChI=1S/C17H14F5NO2/c18-16(19)25-14-3-1-2-12(10-14)15(24)23-9-8-11-4-6-13(7-5-11)17(20,21)22/h1-7,10,16H,8-9H2,(H,23,24). The average Bonchev–Trinajstić information content (AvgIpc) is 2.54. The first-order valence-electron chi connectivity index (χ1n) is 7.25. The van der Waals surface area contributed by atoms with Gasteiger partial charge in [0.25, 0.3) is 5.91 Å². The van der Waals surface area contributed by atoms with Gasteiger partial charge in [-0.3, -0.25) is 4.79 Å². The van der Waals surface area contributed by atoms with Crippen LogP contribution in [0.2, 0.25) is 0 Å². The minimum absolute atomic E-state index is 0.134. The topological polar surface area (TPSA) is 38.3 Å². The van der Waals surface area contributed by atoms with Gasteiger partial charge in [-0.2, -0.15) is 22.0 Å². The van der Waals surface area contributed by atoms with Crippen molar-refractivity contribution in [2.75, 3.05) is 6.54 Å². The molecule has 3 nitrogen and oxygen atoms in total. The molecule has 25 heavy (non-hydrogen) atoms. The number of alkyl halides is 5. The van der Waals surface area contributed by atoms with E-state index in [0.717, 1.165) is 12.1 Å². The van der Waals surface area contributed by atoms with Crippen LogP contribution in [0.1, 0.15) is 21.5 Å². The van der Waals surface area contributed by atoms with Gasteiger partial charge >= 0.3 is 12.8 Å². The number of hydrogen-bond donors (Lipinski definition) is 1. The van der Waals surface area contributed by atoms with Gasteiger partial charge in [-0.05, 0) is 42.3 Å². The average molecular weight is 359 g/mol. The van der Waals surface area contributed by atoms with Crippen LogP contribution in [0.5, 0.6) is 5.75 Å². The molecule has 0 aliphatic carbocycles. The summed E-state index contributed by atoms with van der Waals surface area (Å²) in [5.74, 6) is -0.628. The first-order valence-corrected chi connectivity index (χ1v) is 7.25. The number of carbonyl (C=O) groups is 1. The van der Waals surface area contributed by atoms with E-state index >= 15 is 0 Å². The van der Waals surface area contributed by atoms with Gasteiger partial charge in [0.05, 0.1) is 5.56 Å². The van der Waals surface area contributed by atoms with E-state index in [1.54, 1.807) is 0 Å². The van der Waals surface area contributed by atoms with Crippen LogP contribution >= 0.6 is 0 Å². The second-order valence-electron chi connectivity index (χ2n) is 5.11. The van der Waals surface area contributed by atoms with E-state index in [-0.39, 0.29) is 17.9 Å². The van der Waals surface area contributed by atoms with Gasteiger partial charge < -0.3 is 10.1 Å². The molecule has 0 fully saturated rings. The summed E-state index contributed by atoms with van der Waals surface area (Å²) in [5, 5.41) is 2.57. The van der Waals surface area contributed by atoms with Crippen molar-refractivity contribution in [1.82, 2.24) is 5.32 Å². The molecule has 8 heteroatoms. The van der Waals surface area contributed by atoms with Gasteiger partial charge in [-0.1, -0.05) is 18.2 Å². The summed E-state index contributed by atoms with van der Waals surface area (Å²) in [6.07, 6.45) is -4.06. The van der Waals surface area contributed by atoms with Crippen molar-refractivity contribution in [1.29, 1.82) is 0 Å². The molecule has 2 rings (SSSR count). The van der Waals surface area contributed by atoms with Crippen LogP contribution in [0.3, 0.4) is 0 Å². The second kappa shape index (κ2) is 7.96. The molecule has 0 heterocycles. The predicted molar refractivity (Wildman–Crippen MR) is 80.6 cm³/mol. The highest BCUT2D eigenvalue weighted by Crippen LogP contribution is 2.29. The summed E-state index contributed by atoms with van der Waals surface area (Å²) in [6, 6.07) is 9.95. The molecule has 0 radical (unpaired) electrons. The fraction of sp³-hybridized carbons (Fsp3) is 0.235. The Labute approximate surface area is 140 Å². The molecule has 2 aromatic rings. The highest BCUT2D eigenvalue weighted by Gasteiger charge is 2.29. The van der Waals surface area contributed by atoms with E-state index in [4.69, 9.17) is 0 Å². The minimum atomic E-state index is -4.39. The van der Waals surface area contributed by atoms with Gasteiger partial charge in [0.2, 0.25) is 0 Å². The maximum Gasteiger partial charge on any atom is 0.416 e. The van der Waals surface area contributed by atoms with Gasteiger partial charge in [0.15, 0.2) is 0 Å². The highest BCUT2D eigenvalue weighted by atomic mass is 19.4. The third-order valence-corrected chi connectivity index (χ3v) is 3.30. The Bertz CT molecular complexity index is 714. The number of halogens is 5. The Balaban J connectivity index is 1.88. The van der Waals surface area contributed by atoms with Crippen molar-refractivity contribution < 1.29 is 31.5 Å². The van der Waals surface area contributed by atoms with Crippen molar-refractivity contribution >= 4 is 5.91 Å². The molecule has 134 valence electrons. The van der Waals surface area contributed by atoms with Crippen LogP contribution in [0, 0.1) is 0 Å². The van der Waals surface area contributed by atoms with Crippen LogP contribution < -0.4 is 10.1 Å². The normalized spacial score (nSPS) is 11.4. The van der Waals surface area contributed by atoms with Crippen molar-refractivity contribution in [3.8, 4) is 5.75 Å². The second-order valence-corrected chi connectivity index (χ2v) is 5.11. The van der Waals surface area contributed by atoms with Crippen LogP contribution in [0.25, 0.3) is 0 Å². The van der Waals surface area contributed by atoms with Crippen molar-refractivity contribution in [2.24, 2.45) is 0 Å². The molecule has 0 aliphatic rings. The van der Waals surface area contributed by atoms with Crippen LogP contribution in [-0.4, -0.2) is 19.1 Å². The van der Waals surface area contributed by atoms with E-state index in [9.17, 15) is 26.7 Å². The molecular weight excluding hydrogens is 345 g/mol. The number of benzene rings is 2. The summed E-state index contributed by atoms with van der Waals surface area (Å²) in [6.45, 7) is -2.80. The molecule has 1 N–H and O–H groups in total. The molecule has 2 aromatic carbocycles. The van der Waals surface area contributed by atoms with Gasteiger partial charge in [0.1, 0.15) is 5.75 Å². The SMILES string of the molecule is O=C(NCCc1ccc(C(F)(F)F)cc1)c1cccc(OC(F)F)c1. The lowest BCUT2D eigenvalue weighted by atomic mass is 10.1. The number of carbonyl (C=O) groups excluding carboxylic acids is 1. The Morgan fingerprint density at radius 2 is 1.76 bits per heavy atom. The highest BCUT2D eigenvalue weighted by molar-refractivity contribution is 5.94. The summed E-state index contributed by atoms with van der Waals surface area (Å²) in [4.78, 5) is 12.0. The number of nitrogens with one attached hydrogen (secondary N) is 1. The van der Waals surface area contributed by atoms with Crippen LogP contribution in [0.15, 0.2) is 48.5 Å². The number of hydrogen-bond acceptors (Lipinski definition) is 2. The van der Waals surface area contributed by atoms with E-state index in [2.05, 4.69) is 10.1 Å². The van der Waals surface area contributed by atoms with Gasteiger partial charge in [-0.25, -0.2) is 0 Å². The molecule has 0 saturated carbocycles. The fourth-order valence-corrected chi connectivity index (χ4v) is 2.10. The largest absolute Gasteiger partial charge is 0.435 e. The Kier molecular flexibility index (Phi) is 5.95. The molecule has 1 amide bonds. The lowest BCUT2D eigenvalue weighted by molar-refractivity contribution is -0.137. The van der Waals surface area contributed by atoms with Crippen molar-refractivity contribution in [2.45, 2.75) is 19.2 Å². The quantitative estimate of drug-likeness (QED) is 0.782. The van der Waals surface area contributed by atoms with E-state index < -0.39 is 24.3 Å². The predicted octanol–water partition coefficient (Wildman–Crippen LogP) is 4.28. The number of rotatable bonds is 6. The monoisotopic (exact) mass is 359 g/mol. The molecule has 0 atom stereocenters. The van der Waals surface area contributed by atoms with Crippen LogP contribution in [-0.2, 0) is 12.6 Å². The summed E-state index contributed by atoms with van der Waals surface area (Å²) in [7, 11) is 0. The zero-order valence-electron chi connectivity index (χ0n) is 12.8. The third kappa shape index (κ3) is 5.74. The molecular formula is C17H14F5NO2. The zero-order chi connectivity index (χ0) is 18.4. The molecule has 0 aromatic heterocycles. The Hall–Kier alpha value is -2.64. The number of amides is 1. The number of ether oxygens (including phenoxy) is 1. The lowest BCUT2D eigenvalue weighted by Gasteiger charge is -2.09. The lowest BCUT2D eigenvalue weighted by Crippen LogP contribution is -2.25. The first-order chi connectivity index (χ1) is 11.8. The van der Waals surface area contributed by atoms with E-state index in [1.807, 2.05) is 0 Å². The minimum Gasteiger partial charge on any atom is -0.435 e. The zero-order valence-corrected chi connectivity index (χ0v) is 12.8.